The van der Waals surface area contributed by atoms with Gasteiger partial charge in [0, 0.05) is 13.1 Å². The number of hydrogen-bond donors (Lipinski definition) is 1. The first-order valence-corrected chi connectivity index (χ1v) is 5.41. The van der Waals surface area contributed by atoms with E-state index < -0.39 is 0 Å². The number of rotatable bonds is 2. The normalized spacial score (nSPS) is 10.6. The molecule has 1 aromatic carbocycles. The SMILES string of the molecule is COc1cc(N)c(Cl)cc1-c1nc(C)nn1C. The zero-order chi connectivity index (χ0) is 12.6. The van der Waals surface area contributed by atoms with Crippen LogP contribution in [0.25, 0.3) is 11.4 Å². The minimum absolute atomic E-state index is 0.474. The molecular weight excluding hydrogens is 240 g/mol. The number of aromatic nitrogens is 3. The van der Waals surface area contributed by atoms with E-state index in [0.29, 0.717) is 28.1 Å². The number of anilines is 1. The molecule has 0 radical (unpaired) electrons. The Morgan fingerprint density at radius 1 is 1.41 bits per heavy atom. The van der Waals surface area contributed by atoms with Gasteiger partial charge in [0.2, 0.25) is 0 Å². The molecule has 90 valence electrons. The van der Waals surface area contributed by atoms with Crippen molar-refractivity contribution in [2.45, 2.75) is 6.92 Å². The predicted molar refractivity (Wildman–Crippen MR) is 67.2 cm³/mol. The third-order valence-electron chi connectivity index (χ3n) is 2.43. The summed E-state index contributed by atoms with van der Waals surface area (Å²) in [5.41, 5.74) is 6.98. The van der Waals surface area contributed by atoms with Gasteiger partial charge < -0.3 is 10.5 Å². The maximum absolute atomic E-state index is 6.01. The molecule has 1 heterocycles. The quantitative estimate of drug-likeness (QED) is 0.831. The van der Waals surface area contributed by atoms with Crippen LogP contribution in [-0.4, -0.2) is 21.9 Å². The second-order valence-corrected chi connectivity index (χ2v) is 4.09. The van der Waals surface area contributed by atoms with Crippen LogP contribution in [0.3, 0.4) is 0 Å². The van der Waals surface area contributed by atoms with Gasteiger partial charge >= 0.3 is 0 Å². The summed E-state index contributed by atoms with van der Waals surface area (Å²) in [4.78, 5) is 4.33. The Balaban J connectivity index is 2.66. The van der Waals surface area contributed by atoms with Crippen LogP contribution in [0.1, 0.15) is 5.82 Å². The van der Waals surface area contributed by atoms with Crippen molar-refractivity contribution in [1.82, 2.24) is 14.8 Å². The van der Waals surface area contributed by atoms with Gasteiger partial charge in [0.1, 0.15) is 11.6 Å². The van der Waals surface area contributed by atoms with E-state index in [4.69, 9.17) is 22.1 Å². The van der Waals surface area contributed by atoms with Crippen LogP contribution in [-0.2, 0) is 7.05 Å². The average molecular weight is 253 g/mol. The highest BCUT2D eigenvalue weighted by Gasteiger charge is 2.14. The Morgan fingerprint density at radius 3 is 2.65 bits per heavy atom. The van der Waals surface area contributed by atoms with Gasteiger partial charge in [0.05, 0.1) is 23.4 Å². The van der Waals surface area contributed by atoms with E-state index in [1.807, 2.05) is 14.0 Å². The van der Waals surface area contributed by atoms with Crippen LogP contribution < -0.4 is 10.5 Å². The molecule has 0 spiro atoms. The number of methoxy groups -OCH3 is 1. The van der Waals surface area contributed by atoms with E-state index >= 15 is 0 Å². The summed E-state index contributed by atoms with van der Waals surface area (Å²) < 4.78 is 6.96. The number of nitrogens with two attached hydrogens (primary N) is 1. The number of nitrogens with zero attached hydrogens (tertiary/aromatic N) is 3. The van der Waals surface area contributed by atoms with Crippen molar-refractivity contribution < 1.29 is 4.74 Å². The zero-order valence-electron chi connectivity index (χ0n) is 9.86. The summed E-state index contributed by atoms with van der Waals surface area (Å²) in [5, 5.41) is 4.66. The average Bonchev–Trinajstić information content (AvgIpc) is 2.61. The van der Waals surface area contributed by atoms with Crippen LogP contribution >= 0.6 is 11.6 Å². The summed E-state index contributed by atoms with van der Waals surface area (Å²) in [5.74, 6) is 2.01. The lowest BCUT2D eigenvalue weighted by molar-refractivity contribution is 0.416. The Morgan fingerprint density at radius 2 is 2.12 bits per heavy atom. The highest BCUT2D eigenvalue weighted by molar-refractivity contribution is 6.33. The molecular formula is C11H13ClN4O. The molecule has 17 heavy (non-hydrogen) atoms. The van der Waals surface area contributed by atoms with Gasteiger partial charge in [-0.2, -0.15) is 5.10 Å². The fourth-order valence-corrected chi connectivity index (χ4v) is 1.82. The molecule has 1 aromatic heterocycles. The number of nitrogen functional groups attached to an aromatic ring is 1. The molecule has 0 saturated carbocycles. The molecule has 0 bridgehead atoms. The van der Waals surface area contributed by atoms with Crippen LogP contribution in [0.4, 0.5) is 5.69 Å². The van der Waals surface area contributed by atoms with Crippen molar-refractivity contribution in [3.63, 3.8) is 0 Å². The summed E-state index contributed by atoms with van der Waals surface area (Å²) in [6, 6.07) is 3.42. The van der Waals surface area contributed by atoms with Gasteiger partial charge in [-0.05, 0) is 13.0 Å². The lowest BCUT2D eigenvalue weighted by Crippen LogP contribution is -1.98. The third kappa shape index (κ3) is 2.06. The van der Waals surface area contributed by atoms with Crippen LogP contribution in [0.2, 0.25) is 5.02 Å². The number of halogens is 1. The van der Waals surface area contributed by atoms with Crippen molar-refractivity contribution in [3.8, 4) is 17.1 Å². The lowest BCUT2D eigenvalue weighted by atomic mass is 10.1. The van der Waals surface area contributed by atoms with Gasteiger partial charge in [-0.1, -0.05) is 11.6 Å². The predicted octanol–water partition coefficient (Wildman–Crippen LogP) is 2.03. The zero-order valence-corrected chi connectivity index (χ0v) is 10.6. The lowest BCUT2D eigenvalue weighted by Gasteiger charge is -2.09. The fraction of sp³-hybridized carbons (Fsp3) is 0.273. The Labute approximate surface area is 104 Å². The largest absolute Gasteiger partial charge is 0.496 e. The number of ether oxygens (including phenoxy) is 1. The number of aryl methyl sites for hydroxylation is 2. The molecule has 0 saturated heterocycles. The number of hydrogen-bond acceptors (Lipinski definition) is 4. The fourth-order valence-electron chi connectivity index (χ4n) is 1.66. The molecule has 0 fully saturated rings. The van der Waals surface area contributed by atoms with Gasteiger partial charge in [-0.15, -0.1) is 0 Å². The maximum Gasteiger partial charge on any atom is 0.161 e. The van der Waals surface area contributed by atoms with E-state index in [9.17, 15) is 0 Å². The first kappa shape index (κ1) is 11.7. The molecule has 0 aliphatic rings. The van der Waals surface area contributed by atoms with Crippen molar-refractivity contribution in [2.24, 2.45) is 7.05 Å². The summed E-state index contributed by atoms with van der Waals surface area (Å²) in [6.07, 6.45) is 0. The number of benzene rings is 1. The van der Waals surface area contributed by atoms with E-state index in [1.165, 1.54) is 0 Å². The van der Waals surface area contributed by atoms with Crippen molar-refractivity contribution in [2.75, 3.05) is 12.8 Å². The van der Waals surface area contributed by atoms with Crippen molar-refractivity contribution >= 4 is 17.3 Å². The van der Waals surface area contributed by atoms with Gasteiger partial charge in [0.15, 0.2) is 5.82 Å². The molecule has 0 unspecified atom stereocenters. The Hall–Kier alpha value is -1.75. The Bertz CT molecular complexity index is 565. The van der Waals surface area contributed by atoms with Crippen LogP contribution in [0, 0.1) is 6.92 Å². The molecule has 0 aliphatic carbocycles. The van der Waals surface area contributed by atoms with Gasteiger partial charge in [0.25, 0.3) is 0 Å². The minimum atomic E-state index is 0.474. The monoisotopic (exact) mass is 252 g/mol. The molecule has 2 rings (SSSR count). The maximum atomic E-state index is 6.01. The molecule has 2 aromatic rings. The third-order valence-corrected chi connectivity index (χ3v) is 2.76. The first-order valence-electron chi connectivity index (χ1n) is 5.04. The van der Waals surface area contributed by atoms with Crippen LogP contribution in [0.5, 0.6) is 5.75 Å². The van der Waals surface area contributed by atoms with E-state index in [2.05, 4.69) is 10.1 Å². The van der Waals surface area contributed by atoms with Gasteiger partial charge in [-0.3, -0.25) is 0 Å². The minimum Gasteiger partial charge on any atom is -0.496 e. The summed E-state index contributed by atoms with van der Waals surface area (Å²) in [6.45, 7) is 1.83. The standard InChI is InChI=1S/C11H13ClN4O/c1-6-14-11(16(2)15-6)7-4-8(12)9(13)5-10(7)17-3/h4-5H,13H2,1-3H3. The van der Waals surface area contributed by atoms with E-state index in [-0.39, 0.29) is 0 Å². The molecule has 0 amide bonds. The highest BCUT2D eigenvalue weighted by atomic mass is 35.5. The molecule has 5 nitrogen and oxygen atoms in total. The van der Waals surface area contributed by atoms with Crippen molar-refractivity contribution in [1.29, 1.82) is 0 Å². The molecule has 2 N–H and O–H groups in total. The molecule has 0 atom stereocenters. The highest BCUT2D eigenvalue weighted by Crippen LogP contribution is 2.34. The van der Waals surface area contributed by atoms with E-state index in [1.54, 1.807) is 23.9 Å². The second kappa shape index (κ2) is 4.25. The molecule has 6 heteroatoms. The summed E-state index contributed by atoms with van der Waals surface area (Å²) >= 11 is 6.01. The molecule has 0 aliphatic heterocycles. The second-order valence-electron chi connectivity index (χ2n) is 3.68. The van der Waals surface area contributed by atoms with E-state index in [0.717, 1.165) is 5.56 Å². The first-order chi connectivity index (χ1) is 8.02. The summed E-state index contributed by atoms with van der Waals surface area (Å²) in [7, 11) is 3.40. The smallest absolute Gasteiger partial charge is 0.161 e. The van der Waals surface area contributed by atoms with Crippen molar-refractivity contribution in [3.05, 3.63) is 23.0 Å². The topological polar surface area (TPSA) is 66.0 Å². The Kier molecular flexibility index (Phi) is 2.93. The van der Waals surface area contributed by atoms with Gasteiger partial charge in [-0.25, -0.2) is 9.67 Å². The van der Waals surface area contributed by atoms with Crippen LogP contribution in [0.15, 0.2) is 12.1 Å².